The minimum Gasteiger partial charge on any atom is -0.311 e. The fraction of sp³-hybridized carbons (Fsp3) is 0.545. The van der Waals surface area contributed by atoms with Gasteiger partial charge in [0.15, 0.2) is 0 Å². The number of nitrogens with zero attached hydrogens (tertiary/aromatic N) is 1. The van der Waals surface area contributed by atoms with Crippen molar-refractivity contribution in [3.05, 3.63) is 27.5 Å². The highest BCUT2D eigenvalue weighted by Crippen LogP contribution is 2.40. The number of rotatable bonds is 1. The van der Waals surface area contributed by atoms with Crippen LogP contribution >= 0.6 is 27.5 Å². The first kappa shape index (κ1) is 10.1. The predicted octanol–water partition coefficient (Wildman–Crippen LogP) is 3.11. The summed E-state index contributed by atoms with van der Waals surface area (Å²) in [5.74, 6) is 0.629. The van der Waals surface area contributed by atoms with Crippen LogP contribution < -0.4 is 5.32 Å². The maximum absolute atomic E-state index is 5.89. The summed E-state index contributed by atoms with van der Waals surface area (Å²) in [7, 11) is 0. The Hall–Kier alpha value is -0.120. The third kappa shape index (κ3) is 1.71. The third-order valence-corrected chi connectivity index (χ3v) is 4.68. The van der Waals surface area contributed by atoms with E-state index in [1.807, 2.05) is 6.20 Å². The standard InChI is InChI=1S/C11H12BrClN2/c12-9-3-6(5-14-11(9)13)8-4-7-1-2-10(8)15-7/h3,5,7-8,10,15H,1-2,4H2/t7-,8+,10+/m0/s1. The highest BCUT2D eigenvalue weighted by Gasteiger charge is 2.39. The average Bonchev–Trinajstić information content (AvgIpc) is 2.83. The molecule has 0 saturated carbocycles. The van der Waals surface area contributed by atoms with Crippen LogP contribution in [0.4, 0.5) is 0 Å². The van der Waals surface area contributed by atoms with E-state index in [1.165, 1.54) is 24.8 Å². The Morgan fingerprint density at radius 2 is 2.33 bits per heavy atom. The van der Waals surface area contributed by atoms with Crippen molar-refractivity contribution in [2.24, 2.45) is 0 Å². The number of pyridine rings is 1. The van der Waals surface area contributed by atoms with Crippen LogP contribution in [0.15, 0.2) is 16.7 Å². The Bertz CT molecular complexity index is 396. The molecule has 0 unspecified atom stereocenters. The van der Waals surface area contributed by atoms with Gasteiger partial charge < -0.3 is 5.32 Å². The average molecular weight is 288 g/mol. The number of fused-ring (bicyclic) bond motifs is 2. The zero-order valence-corrected chi connectivity index (χ0v) is 10.6. The summed E-state index contributed by atoms with van der Waals surface area (Å²) in [5, 5.41) is 4.19. The Morgan fingerprint density at radius 3 is 2.93 bits per heavy atom. The molecule has 0 aliphatic carbocycles. The summed E-state index contributed by atoms with van der Waals surface area (Å²) in [6.07, 6.45) is 5.81. The monoisotopic (exact) mass is 286 g/mol. The molecule has 0 radical (unpaired) electrons. The topological polar surface area (TPSA) is 24.9 Å². The van der Waals surface area contributed by atoms with Crippen molar-refractivity contribution in [3.8, 4) is 0 Å². The number of hydrogen-bond acceptors (Lipinski definition) is 2. The molecule has 2 aliphatic rings. The van der Waals surface area contributed by atoms with Gasteiger partial charge in [0, 0.05) is 24.2 Å². The maximum Gasteiger partial charge on any atom is 0.143 e. The van der Waals surface area contributed by atoms with Gasteiger partial charge in [0.2, 0.25) is 0 Å². The SMILES string of the molecule is Clc1ncc([C@H]2C[C@@H]3CC[C@H]2N3)cc1Br. The second kappa shape index (κ2) is 3.72. The van der Waals surface area contributed by atoms with E-state index in [4.69, 9.17) is 11.6 Å². The number of aromatic nitrogens is 1. The number of hydrogen-bond donors (Lipinski definition) is 1. The van der Waals surface area contributed by atoms with Gasteiger partial charge in [-0.1, -0.05) is 11.6 Å². The molecule has 0 spiro atoms. The fourth-order valence-electron chi connectivity index (χ4n) is 2.83. The van der Waals surface area contributed by atoms with E-state index in [-0.39, 0.29) is 0 Å². The minimum atomic E-state index is 0.551. The van der Waals surface area contributed by atoms with E-state index in [0.29, 0.717) is 17.1 Å². The lowest BCUT2D eigenvalue weighted by atomic mass is 9.85. The van der Waals surface area contributed by atoms with Gasteiger partial charge in [-0.25, -0.2) is 4.98 Å². The van der Waals surface area contributed by atoms with Crippen LogP contribution in [0.1, 0.15) is 30.7 Å². The molecule has 3 atom stereocenters. The molecule has 2 aliphatic heterocycles. The predicted molar refractivity (Wildman–Crippen MR) is 64.3 cm³/mol. The highest BCUT2D eigenvalue weighted by molar-refractivity contribution is 9.10. The Balaban J connectivity index is 1.90. The summed E-state index contributed by atoms with van der Waals surface area (Å²) in [6.45, 7) is 0. The summed E-state index contributed by atoms with van der Waals surface area (Å²) >= 11 is 9.32. The molecule has 0 aromatic carbocycles. The van der Waals surface area contributed by atoms with Crippen LogP contribution in [-0.2, 0) is 0 Å². The number of halogens is 2. The Labute approximate surface area is 103 Å². The molecule has 80 valence electrons. The Morgan fingerprint density at radius 1 is 1.47 bits per heavy atom. The molecular weight excluding hydrogens is 275 g/mol. The molecule has 0 amide bonds. The first-order chi connectivity index (χ1) is 7.24. The maximum atomic E-state index is 5.89. The summed E-state index contributed by atoms with van der Waals surface area (Å²) in [5.41, 5.74) is 1.31. The zero-order chi connectivity index (χ0) is 10.4. The van der Waals surface area contributed by atoms with Crippen molar-refractivity contribution in [1.82, 2.24) is 10.3 Å². The summed E-state index contributed by atoms with van der Waals surface area (Å²) < 4.78 is 0.907. The Kier molecular flexibility index (Phi) is 2.49. The van der Waals surface area contributed by atoms with Crippen LogP contribution in [0.25, 0.3) is 0 Å². The van der Waals surface area contributed by atoms with Gasteiger partial charge in [0.1, 0.15) is 5.15 Å². The van der Waals surface area contributed by atoms with Gasteiger partial charge in [-0.15, -0.1) is 0 Å². The molecule has 3 rings (SSSR count). The normalized spacial score (nSPS) is 33.6. The summed E-state index contributed by atoms with van der Waals surface area (Å²) in [6, 6.07) is 3.50. The van der Waals surface area contributed by atoms with E-state index in [0.717, 1.165) is 10.5 Å². The summed E-state index contributed by atoms with van der Waals surface area (Å²) in [4.78, 5) is 4.20. The van der Waals surface area contributed by atoms with Crippen LogP contribution in [-0.4, -0.2) is 17.1 Å². The quantitative estimate of drug-likeness (QED) is 0.803. The lowest BCUT2D eigenvalue weighted by molar-refractivity contribution is 0.505. The van der Waals surface area contributed by atoms with E-state index in [1.54, 1.807) is 0 Å². The smallest absolute Gasteiger partial charge is 0.143 e. The molecule has 2 fully saturated rings. The molecule has 3 heterocycles. The third-order valence-electron chi connectivity index (χ3n) is 3.55. The molecule has 2 nitrogen and oxygen atoms in total. The van der Waals surface area contributed by atoms with Crippen LogP contribution in [0, 0.1) is 0 Å². The first-order valence-electron chi connectivity index (χ1n) is 5.31. The second-order valence-corrected chi connectivity index (χ2v) is 5.64. The molecule has 2 bridgehead atoms. The number of nitrogens with one attached hydrogen (secondary N) is 1. The van der Waals surface area contributed by atoms with Crippen LogP contribution in [0.2, 0.25) is 5.15 Å². The molecule has 1 aromatic rings. The lowest BCUT2D eigenvalue weighted by Gasteiger charge is -2.20. The first-order valence-corrected chi connectivity index (χ1v) is 6.48. The largest absolute Gasteiger partial charge is 0.311 e. The van der Waals surface area contributed by atoms with Gasteiger partial charge in [-0.3, -0.25) is 0 Å². The zero-order valence-electron chi connectivity index (χ0n) is 8.21. The molecule has 1 aromatic heterocycles. The van der Waals surface area contributed by atoms with Gasteiger partial charge in [-0.2, -0.15) is 0 Å². The van der Waals surface area contributed by atoms with E-state index in [9.17, 15) is 0 Å². The van der Waals surface area contributed by atoms with Gasteiger partial charge in [0.05, 0.1) is 4.47 Å². The van der Waals surface area contributed by atoms with Crippen LogP contribution in [0.5, 0.6) is 0 Å². The molecule has 1 N–H and O–H groups in total. The highest BCUT2D eigenvalue weighted by atomic mass is 79.9. The lowest BCUT2D eigenvalue weighted by Crippen LogP contribution is -2.21. The van der Waals surface area contributed by atoms with Crippen molar-refractivity contribution in [3.63, 3.8) is 0 Å². The molecule has 15 heavy (non-hydrogen) atoms. The fourth-order valence-corrected chi connectivity index (χ4v) is 3.30. The van der Waals surface area contributed by atoms with E-state index < -0.39 is 0 Å². The van der Waals surface area contributed by atoms with Crippen molar-refractivity contribution >= 4 is 27.5 Å². The second-order valence-electron chi connectivity index (χ2n) is 4.43. The van der Waals surface area contributed by atoms with Crippen molar-refractivity contribution in [2.75, 3.05) is 0 Å². The van der Waals surface area contributed by atoms with E-state index >= 15 is 0 Å². The molecule has 4 heteroatoms. The van der Waals surface area contributed by atoms with Gasteiger partial charge in [0.25, 0.3) is 0 Å². The minimum absolute atomic E-state index is 0.551. The van der Waals surface area contributed by atoms with Crippen LogP contribution in [0.3, 0.4) is 0 Å². The van der Waals surface area contributed by atoms with Crippen molar-refractivity contribution in [2.45, 2.75) is 37.3 Å². The van der Waals surface area contributed by atoms with Crippen molar-refractivity contribution in [1.29, 1.82) is 0 Å². The van der Waals surface area contributed by atoms with Crippen molar-refractivity contribution < 1.29 is 0 Å². The van der Waals surface area contributed by atoms with Gasteiger partial charge in [-0.05, 0) is 46.8 Å². The molecule has 2 saturated heterocycles. The molecular formula is C11H12BrClN2. The van der Waals surface area contributed by atoms with Gasteiger partial charge >= 0.3 is 0 Å². The van der Waals surface area contributed by atoms with E-state index in [2.05, 4.69) is 32.3 Å².